The lowest BCUT2D eigenvalue weighted by Gasteiger charge is -2.34. The van der Waals surface area contributed by atoms with Crippen LogP contribution in [-0.2, 0) is 21.1 Å². The number of piperidine rings is 1. The molecule has 1 saturated heterocycles. The second kappa shape index (κ2) is 13.5. The molecule has 42 heavy (non-hydrogen) atoms. The molecule has 224 valence electrons. The van der Waals surface area contributed by atoms with Crippen LogP contribution in [-0.4, -0.2) is 49.6 Å². The van der Waals surface area contributed by atoms with Gasteiger partial charge >= 0.3 is 12.1 Å². The predicted molar refractivity (Wildman–Crippen MR) is 153 cm³/mol. The Balaban J connectivity index is 1.30. The molecule has 1 amide bonds. The van der Waals surface area contributed by atoms with E-state index >= 15 is 0 Å². The Morgan fingerprint density at radius 2 is 1.55 bits per heavy atom. The molecule has 4 rings (SSSR count). The highest BCUT2D eigenvalue weighted by molar-refractivity contribution is 6.01. The molecular weight excluding hydrogens is 548 g/mol. The monoisotopic (exact) mass is 584 g/mol. The number of halogens is 4. The summed E-state index contributed by atoms with van der Waals surface area (Å²) in [6.07, 6.45) is -1.11. The molecule has 5 nitrogen and oxygen atoms in total. The summed E-state index contributed by atoms with van der Waals surface area (Å²) in [7, 11) is 1.36. The standard InChI is InChI=1S/C33H36F4N2O3/c1-32(22-30(40)42-2,24-12-14-26(34)15-13-24)18-5-19-39-20-16-27(17-21-39)38-31(41)29-7-4-3-6-28(29)23-8-10-25(11-9-23)33(35,36)37/h3-4,6-15,27H,5,16-22H2,1-2H3,(H,38,41). The van der Waals surface area contributed by atoms with E-state index in [1.165, 1.54) is 31.4 Å². The molecule has 1 unspecified atom stereocenters. The molecule has 1 N–H and O–H groups in total. The molecule has 3 aromatic carbocycles. The van der Waals surface area contributed by atoms with Crippen molar-refractivity contribution in [3.05, 3.63) is 95.3 Å². The third-order valence-corrected chi connectivity index (χ3v) is 8.12. The molecule has 1 fully saturated rings. The Labute approximate surface area is 243 Å². The average molecular weight is 585 g/mol. The SMILES string of the molecule is COC(=O)CC(C)(CCCN1CCC(NC(=O)c2ccccc2-c2ccc(C(F)(F)F)cc2)CC1)c1ccc(F)cc1. The lowest BCUT2D eigenvalue weighted by molar-refractivity contribution is -0.142. The summed E-state index contributed by atoms with van der Waals surface area (Å²) in [5.41, 5.74) is 1.23. The van der Waals surface area contributed by atoms with Gasteiger partial charge in [0.05, 0.1) is 19.1 Å². The molecule has 1 aliphatic rings. The molecule has 0 aromatic heterocycles. The second-order valence-electron chi connectivity index (χ2n) is 11.1. The van der Waals surface area contributed by atoms with Crippen LogP contribution in [0.2, 0.25) is 0 Å². The normalized spacial score (nSPS) is 16.0. The van der Waals surface area contributed by atoms with Crippen LogP contribution >= 0.6 is 0 Å². The van der Waals surface area contributed by atoms with E-state index < -0.39 is 17.2 Å². The molecular formula is C33H36F4N2O3. The molecule has 1 atom stereocenters. The Hall–Kier alpha value is -3.72. The van der Waals surface area contributed by atoms with Gasteiger partial charge in [-0.05, 0) is 79.3 Å². The molecule has 1 aliphatic heterocycles. The van der Waals surface area contributed by atoms with Crippen molar-refractivity contribution in [1.29, 1.82) is 0 Å². The molecule has 3 aromatic rings. The minimum Gasteiger partial charge on any atom is -0.469 e. The number of carbonyl (C=O) groups is 2. The highest BCUT2D eigenvalue weighted by atomic mass is 19.4. The number of nitrogens with zero attached hydrogens (tertiary/aromatic N) is 1. The number of alkyl halides is 3. The van der Waals surface area contributed by atoms with Gasteiger partial charge in [-0.3, -0.25) is 9.59 Å². The van der Waals surface area contributed by atoms with Crippen LogP contribution in [0.15, 0.2) is 72.8 Å². The van der Waals surface area contributed by atoms with Crippen molar-refractivity contribution in [3.63, 3.8) is 0 Å². The van der Waals surface area contributed by atoms with E-state index in [0.29, 0.717) is 16.7 Å². The summed E-state index contributed by atoms with van der Waals surface area (Å²) < 4.78 is 57.4. The summed E-state index contributed by atoms with van der Waals surface area (Å²) >= 11 is 0. The number of rotatable bonds is 10. The van der Waals surface area contributed by atoms with Gasteiger partial charge in [-0.25, -0.2) is 4.39 Å². The molecule has 9 heteroatoms. The fourth-order valence-corrected chi connectivity index (χ4v) is 5.61. The van der Waals surface area contributed by atoms with E-state index in [0.717, 1.165) is 63.0 Å². The van der Waals surface area contributed by atoms with Crippen LogP contribution in [0.5, 0.6) is 0 Å². The van der Waals surface area contributed by atoms with Gasteiger partial charge in [-0.2, -0.15) is 13.2 Å². The summed E-state index contributed by atoms with van der Waals surface area (Å²) in [6.45, 7) is 4.43. The number of carbonyl (C=O) groups excluding carboxylic acids is 2. The second-order valence-corrected chi connectivity index (χ2v) is 11.1. The number of nitrogens with one attached hydrogen (secondary N) is 1. The van der Waals surface area contributed by atoms with Gasteiger partial charge in [0.2, 0.25) is 0 Å². The zero-order chi connectivity index (χ0) is 30.3. The Morgan fingerprint density at radius 1 is 0.929 bits per heavy atom. The smallest absolute Gasteiger partial charge is 0.416 e. The first-order valence-electron chi connectivity index (χ1n) is 14.1. The van der Waals surface area contributed by atoms with Crippen LogP contribution in [0.3, 0.4) is 0 Å². The summed E-state index contributed by atoms with van der Waals surface area (Å²) in [5, 5.41) is 3.11. The van der Waals surface area contributed by atoms with Crippen molar-refractivity contribution in [2.24, 2.45) is 0 Å². The lowest BCUT2D eigenvalue weighted by Crippen LogP contribution is -2.45. The van der Waals surface area contributed by atoms with Gasteiger partial charge < -0.3 is 15.0 Å². The summed E-state index contributed by atoms with van der Waals surface area (Å²) in [5.74, 6) is -0.877. The number of esters is 1. The van der Waals surface area contributed by atoms with Gasteiger partial charge in [0, 0.05) is 30.1 Å². The minimum atomic E-state index is -4.42. The van der Waals surface area contributed by atoms with Crippen LogP contribution < -0.4 is 5.32 Å². The Bertz CT molecular complexity index is 1350. The fourth-order valence-electron chi connectivity index (χ4n) is 5.61. The Kier molecular flexibility index (Phi) is 10.0. The van der Waals surface area contributed by atoms with Crippen molar-refractivity contribution < 1.29 is 31.9 Å². The van der Waals surface area contributed by atoms with E-state index in [4.69, 9.17) is 4.74 Å². The fraction of sp³-hybridized carbons (Fsp3) is 0.394. The highest BCUT2D eigenvalue weighted by Crippen LogP contribution is 2.34. The first-order chi connectivity index (χ1) is 20.0. The molecule has 0 spiro atoms. The first-order valence-corrected chi connectivity index (χ1v) is 14.1. The maximum Gasteiger partial charge on any atom is 0.416 e. The van der Waals surface area contributed by atoms with Crippen LogP contribution in [0.4, 0.5) is 17.6 Å². The third kappa shape index (κ3) is 7.97. The van der Waals surface area contributed by atoms with Crippen molar-refractivity contribution >= 4 is 11.9 Å². The van der Waals surface area contributed by atoms with Crippen molar-refractivity contribution in [1.82, 2.24) is 10.2 Å². The zero-order valence-electron chi connectivity index (χ0n) is 23.8. The number of amides is 1. The number of likely N-dealkylation sites (tertiary alicyclic amines) is 1. The van der Waals surface area contributed by atoms with Gasteiger partial charge in [-0.1, -0.05) is 49.4 Å². The maximum absolute atomic E-state index is 13.5. The van der Waals surface area contributed by atoms with Gasteiger partial charge in [-0.15, -0.1) is 0 Å². The molecule has 0 aliphatic carbocycles. The first kappa shape index (κ1) is 31.2. The largest absolute Gasteiger partial charge is 0.469 e. The predicted octanol–water partition coefficient (Wildman–Crippen LogP) is 7.01. The van der Waals surface area contributed by atoms with Crippen molar-refractivity contribution in [2.75, 3.05) is 26.7 Å². The topological polar surface area (TPSA) is 58.6 Å². The van der Waals surface area contributed by atoms with E-state index in [1.54, 1.807) is 36.4 Å². The van der Waals surface area contributed by atoms with E-state index in [2.05, 4.69) is 10.2 Å². The van der Waals surface area contributed by atoms with Gasteiger partial charge in [0.25, 0.3) is 5.91 Å². The number of methoxy groups -OCH3 is 1. The lowest BCUT2D eigenvalue weighted by atomic mass is 9.76. The zero-order valence-corrected chi connectivity index (χ0v) is 23.8. The van der Waals surface area contributed by atoms with Crippen LogP contribution in [0, 0.1) is 5.82 Å². The molecule has 0 radical (unpaired) electrons. The Morgan fingerprint density at radius 3 is 2.17 bits per heavy atom. The summed E-state index contributed by atoms with van der Waals surface area (Å²) in [4.78, 5) is 27.7. The molecule has 0 saturated carbocycles. The highest BCUT2D eigenvalue weighted by Gasteiger charge is 2.31. The number of ether oxygens (including phenoxy) is 1. The molecule has 0 bridgehead atoms. The van der Waals surface area contributed by atoms with E-state index in [9.17, 15) is 27.2 Å². The van der Waals surface area contributed by atoms with Crippen molar-refractivity contribution in [2.45, 2.75) is 56.7 Å². The maximum atomic E-state index is 13.5. The number of hydrogen-bond acceptors (Lipinski definition) is 4. The minimum absolute atomic E-state index is 0.0155. The van der Waals surface area contributed by atoms with Crippen LogP contribution in [0.1, 0.15) is 60.5 Å². The average Bonchev–Trinajstić information content (AvgIpc) is 2.98. The van der Waals surface area contributed by atoms with E-state index in [-0.39, 0.29) is 30.2 Å². The van der Waals surface area contributed by atoms with Gasteiger partial charge in [0.15, 0.2) is 0 Å². The number of benzene rings is 3. The van der Waals surface area contributed by atoms with Crippen molar-refractivity contribution in [3.8, 4) is 11.1 Å². The van der Waals surface area contributed by atoms with E-state index in [1.807, 2.05) is 6.92 Å². The van der Waals surface area contributed by atoms with Gasteiger partial charge in [0.1, 0.15) is 5.82 Å². The quantitative estimate of drug-likeness (QED) is 0.206. The summed E-state index contributed by atoms with van der Waals surface area (Å²) in [6, 6.07) is 18.0. The number of hydrogen-bond donors (Lipinski definition) is 1. The molecule has 1 heterocycles. The third-order valence-electron chi connectivity index (χ3n) is 8.12. The van der Waals surface area contributed by atoms with Crippen LogP contribution in [0.25, 0.3) is 11.1 Å².